The first-order chi connectivity index (χ1) is 9.79. The van der Waals surface area contributed by atoms with Crippen LogP contribution < -0.4 is 0 Å². The molecule has 3 rings (SSSR count). The first-order valence-electron chi connectivity index (χ1n) is 9.18. The summed E-state index contributed by atoms with van der Waals surface area (Å²) in [5, 5.41) is 11.6. The van der Waals surface area contributed by atoms with E-state index in [1.165, 1.54) is 32.1 Å². The van der Waals surface area contributed by atoms with Crippen molar-refractivity contribution in [3.63, 3.8) is 0 Å². The molecule has 0 amide bonds. The minimum Gasteiger partial charge on any atom is -0.389 e. The van der Waals surface area contributed by atoms with Gasteiger partial charge in [-0.3, -0.25) is 0 Å². The van der Waals surface area contributed by atoms with Crippen molar-refractivity contribution in [1.29, 1.82) is 0 Å². The van der Waals surface area contributed by atoms with E-state index in [0.717, 1.165) is 6.42 Å². The highest BCUT2D eigenvalue weighted by Gasteiger charge is 2.59. The minimum atomic E-state index is -0.413. The lowest BCUT2D eigenvalue weighted by molar-refractivity contribution is -0.189. The zero-order chi connectivity index (χ0) is 15.4. The van der Waals surface area contributed by atoms with Gasteiger partial charge >= 0.3 is 0 Å². The number of aliphatic hydroxyl groups is 1. The first kappa shape index (κ1) is 15.6. The van der Waals surface area contributed by atoms with Crippen LogP contribution in [-0.4, -0.2) is 10.7 Å². The van der Waals surface area contributed by atoms with Gasteiger partial charge in [0.15, 0.2) is 0 Å². The number of hydrogen-bond donors (Lipinski definition) is 1. The Bertz CT molecular complexity index is 437. The molecule has 1 N–H and O–H groups in total. The Hall–Kier alpha value is -0.300. The van der Waals surface area contributed by atoms with Crippen molar-refractivity contribution < 1.29 is 5.11 Å². The lowest BCUT2D eigenvalue weighted by atomic mass is 9.45. The van der Waals surface area contributed by atoms with E-state index in [4.69, 9.17) is 0 Å². The molecule has 0 radical (unpaired) electrons. The van der Waals surface area contributed by atoms with E-state index in [1.807, 2.05) is 0 Å². The summed E-state index contributed by atoms with van der Waals surface area (Å²) in [6.07, 6.45) is 9.79. The molecule has 6 atom stereocenters. The SMILES string of the molecule is CC1=CCCC2(C)CCC3(O)C(C)CCC(C(C)C)C3C12. The number of hydrogen-bond acceptors (Lipinski definition) is 1. The second-order valence-electron chi connectivity index (χ2n) is 9.02. The van der Waals surface area contributed by atoms with Crippen LogP contribution in [0.25, 0.3) is 0 Å². The van der Waals surface area contributed by atoms with Gasteiger partial charge in [-0.05, 0) is 80.5 Å². The lowest BCUT2D eigenvalue weighted by Crippen LogP contribution is -2.61. The molecule has 3 aliphatic rings. The fraction of sp³-hybridized carbons (Fsp3) is 0.900. The highest BCUT2D eigenvalue weighted by Crippen LogP contribution is 2.62. The highest BCUT2D eigenvalue weighted by molar-refractivity contribution is 5.21. The van der Waals surface area contributed by atoms with Crippen molar-refractivity contribution in [3.05, 3.63) is 11.6 Å². The second-order valence-corrected chi connectivity index (χ2v) is 9.02. The molecule has 0 aromatic carbocycles. The average molecular weight is 290 g/mol. The van der Waals surface area contributed by atoms with Crippen LogP contribution in [0, 0.1) is 35.0 Å². The molecule has 2 fully saturated rings. The van der Waals surface area contributed by atoms with Gasteiger partial charge in [-0.15, -0.1) is 0 Å². The Balaban J connectivity index is 2.07. The van der Waals surface area contributed by atoms with Crippen molar-refractivity contribution in [2.45, 2.75) is 78.7 Å². The van der Waals surface area contributed by atoms with Gasteiger partial charge in [-0.25, -0.2) is 0 Å². The smallest absolute Gasteiger partial charge is 0.0710 e. The quantitative estimate of drug-likeness (QED) is 0.659. The molecular weight excluding hydrogens is 256 g/mol. The maximum atomic E-state index is 11.6. The van der Waals surface area contributed by atoms with Crippen molar-refractivity contribution in [1.82, 2.24) is 0 Å². The van der Waals surface area contributed by atoms with E-state index in [0.29, 0.717) is 35.0 Å². The monoisotopic (exact) mass is 290 g/mol. The molecular formula is C20H34O. The Morgan fingerprint density at radius 1 is 1.19 bits per heavy atom. The van der Waals surface area contributed by atoms with Gasteiger partial charge in [0.1, 0.15) is 0 Å². The van der Waals surface area contributed by atoms with Crippen LogP contribution in [0.15, 0.2) is 11.6 Å². The molecule has 1 nitrogen and oxygen atoms in total. The minimum absolute atomic E-state index is 0.413. The van der Waals surface area contributed by atoms with Gasteiger partial charge < -0.3 is 5.11 Å². The van der Waals surface area contributed by atoms with Gasteiger partial charge in [-0.1, -0.05) is 39.3 Å². The van der Waals surface area contributed by atoms with Crippen LogP contribution in [0.4, 0.5) is 0 Å². The summed E-state index contributed by atoms with van der Waals surface area (Å²) < 4.78 is 0. The summed E-state index contributed by atoms with van der Waals surface area (Å²) in [6, 6.07) is 0. The zero-order valence-corrected chi connectivity index (χ0v) is 14.7. The topological polar surface area (TPSA) is 20.2 Å². The zero-order valence-electron chi connectivity index (χ0n) is 14.7. The average Bonchev–Trinajstić information content (AvgIpc) is 2.40. The van der Waals surface area contributed by atoms with Crippen LogP contribution in [-0.2, 0) is 0 Å². The largest absolute Gasteiger partial charge is 0.389 e. The lowest BCUT2D eigenvalue weighted by Gasteiger charge is -2.62. The van der Waals surface area contributed by atoms with E-state index in [-0.39, 0.29) is 0 Å². The van der Waals surface area contributed by atoms with Gasteiger partial charge in [0.05, 0.1) is 5.60 Å². The van der Waals surface area contributed by atoms with Gasteiger partial charge in [0.2, 0.25) is 0 Å². The molecule has 2 saturated carbocycles. The summed E-state index contributed by atoms with van der Waals surface area (Å²) in [5.41, 5.74) is 1.59. The first-order valence-corrected chi connectivity index (χ1v) is 9.18. The van der Waals surface area contributed by atoms with Crippen LogP contribution in [0.3, 0.4) is 0 Å². The van der Waals surface area contributed by atoms with Gasteiger partial charge in [0.25, 0.3) is 0 Å². The van der Waals surface area contributed by atoms with Crippen molar-refractivity contribution in [3.8, 4) is 0 Å². The second kappa shape index (κ2) is 5.11. The van der Waals surface area contributed by atoms with Crippen LogP contribution in [0.1, 0.15) is 73.1 Å². The maximum absolute atomic E-state index is 11.6. The third-order valence-electron chi connectivity index (χ3n) is 7.56. The Kier molecular flexibility index (Phi) is 3.80. The molecule has 0 saturated heterocycles. The van der Waals surface area contributed by atoms with Crippen molar-refractivity contribution in [2.75, 3.05) is 0 Å². The summed E-state index contributed by atoms with van der Waals surface area (Å²) in [4.78, 5) is 0. The molecule has 0 bridgehead atoms. The third kappa shape index (κ3) is 2.22. The fourth-order valence-electron chi connectivity index (χ4n) is 6.21. The van der Waals surface area contributed by atoms with Crippen LogP contribution in [0.2, 0.25) is 0 Å². The van der Waals surface area contributed by atoms with E-state index in [2.05, 4.69) is 40.7 Å². The van der Waals surface area contributed by atoms with E-state index >= 15 is 0 Å². The molecule has 0 aliphatic heterocycles. The molecule has 0 aromatic heterocycles. The molecule has 21 heavy (non-hydrogen) atoms. The summed E-state index contributed by atoms with van der Waals surface area (Å²) in [5.74, 6) is 2.94. The summed E-state index contributed by atoms with van der Waals surface area (Å²) in [6.45, 7) is 11.9. The Labute approximate surface area is 131 Å². The highest BCUT2D eigenvalue weighted by atomic mass is 16.3. The molecule has 0 aromatic rings. The Morgan fingerprint density at radius 3 is 2.57 bits per heavy atom. The normalized spacial score (nSPS) is 50.3. The van der Waals surface area contributed by atoms with Gasteiger partial charge in [-0.2, -0.15) is 0 Å². The van der Waals surface area contributed by atoms with Crippen LogP contribution in [0.5, 0.6) is 0 Å². The Morgan fingerprint density at radius 2 is 1.90 bits per heavy atom. The number of fused-ring (bicyclic) bond motifs is 3. The number of allylic oxidation sites excluding steroid dienone is 2. The van der Waals surface area contributed by atoms with E-state index in [1.54, 1.807) is 5.57 Å². The van der Waals surface area contributed by atoms with E-state index in [9.17, 15) is 5.11 Å². The fourth-order valence-corrected chi connectivity index (χ4v) is 6.21. The number of rotatable bonds is 1. The summed E-state index contributed by atoms with van der Waals surface area (Å²) in [7, 11) is 0. The summed E-state index contributed by atoms with van der Waals surface area (Å²) >= 11 is 0. The maximum Gasteiger partial charge on any atom is 0.0710 e. The molecule has 0 heterocycles. The standard InChI is InChI=1S/C20H34O/c1-13(2)16-9-8-15(4)20(21)12-11-19(5)10-6-7-14(3)17(19)18(16)20/h7,13,15-18,21H,6,8-12H2,1-5H3. The molecule has 120 valence electrons. The van der Waals surface area contributed by atoms with Crippen LogP contribution >= 0.6 is 0 Å². The van der Waals surface area contributed by atoms with Crippen molar-refractivity contribution in [2.24, 2.45) is 35.0 Å². The molecule has 1 heteroatoms. The molecule has 3 aliphatic carbocycles. The molecule has 6 unspecified atom stereocenters. The predicted octanol–water partition coefficient (Wildman–Crippen LogP) is 5.19. The van der Waals surface area contributed by atoms with Gasteiger partial charge in [0, 0.05) is 0 Å². The van der Waals surface area contributed by atoms with E-state index < -0.39 is 5.60 Å². The third-order valence-corrected chi connectivity index (χ3v) is 7.56. The van der Waals surface area contributed by atoms with Crippen molar-refractivity contribution >= 4 is 0 Å². The predicted molar refractivity (Wildman–Crippen MR) is 89.0 cm³/mol. The molecule has 0 spiro atoms.